The maximum absolute atomic E-state index is 11.8. The molecule has 0 saturated heterocycles. The number of urea groups is 1. The normalized spacial score (nSPS) is 14.0. The molecule has 0 aliphatic heterocycles. The fraction of sp³-hybridized carbons (Fsp3) is 0.500. The highest BCUT2D eigenvalue weighted by molar-refractivity contribution is 5.85. The average Bonchev–Trinajstić information content (AvgIpc) is 2.90. The van der Waals surface area contributed by atoms with Crippen molar-refractivity contribution in [2.45, 2.75) is 39.7 Å². The Kier molecular flexibility index (Phi) is 5.31. The summed E-state index contributed by atoms with van der Waals surface area (Å²) in [6.45, 7) is 8.46. The van der Waals surface area contributed by atoms with Crippen molar-refractivity contribution in [1.82, 2.24) is 15.6 Å². The van der Waals surface area contributed by atoms with E-state index in [1.54, 1.807) is 6.92 Å². The second-order valence-electron chi connectivity index (χ2n) is 6.68. The smallest absolute Gasteiger partial charge is 0.314 e. The van der Waals surface area contributed by atoms with Gasteiger partial charge >= 0.3 is 6.03 Å². The van der Waals surface area contributed by atoms with Crippen LogP contribution >= 0.6 is 0 Å². The number of para-hydroxylation sites is 1. The molecule has 1 aromatic heterocycles. The first-order valence-electron chi connectivity index (χ1n) is 8.11. The Balaban J connectivity index is 1.82. The summed E-state index contributed by atoms with van der Waals surface area (Å²) in [5.41, 5.74) is 2.67. The van der Waals surface area contributed by atoms with Gasteiger partial charge in [0.05, 0.1) is 5.60 Å². The van der Waals surface area contributed by atoms with E-state index >= 15 is 0 Å². The lowest BCUT2D eigenvalue weighted by Gasteiger charge is -2.27. The second kappa shape index (κ2) is 7.04. The van der Waals surface area contributed by atoms with Gasteiger partial charge in [0.15, 0.2) is 0 Å². The molecule has 1 heterocycles. The molecule has 5 nitrogen and oxygen atoms in total. The summed E-state index contributed by atoms with van der Waals surface area (Å²) in [6, 6.07) is 5.97. The van der Waals surface area contributed by atoms with Gasteiger partial charge < -0.3 is 20.7 Å². The molecule has 0 aliphatic carbocycles. The average molecular weight is 317 g/mol. The molecule has 2 amide bonds. The molecule has 0 bridgehead atoms. The Bertz CT molecular complexity index is 674. The van der Waals surface area contributed by atoms with E-state index in [9.17, 15) is 9.90 Å². The van der Waals surface area contributed by atoms with E-state index in [4.69, 9.17) is 0 Å². The summed E-state index contributed by atoms with van der Waals surface area (Å²) in [5.74, 6) is 0.0808. The van der Waals surface area contributed by atoms with E-state index in [0.717, 1.165) is 11.9 Å². The third-order valence-electron chi connectivity index (χ3n) is 4.54. The predicted octanol–water partition coefficient (Wildman–Crippen LogP) is 2.73. The number of H-pyrrole nitrogens is 1. The highest BCUT2D eigenvalue weighted by Crippen LogP contribution is 2.21. The molecule has 2 rings (SSSR count). The zero-order valence-corrected chi connectivity index (χ0v) is 14.4. The van der Waals surface area contributed by atoms with Crippen molar-refractivity contribution in [3.05, 3.63) is 35.5 Å². The summed E-state index contributed by atoms with van der Waals surface area (Å²) in [6.07, 6.45) is 2.76. The first-order chi connectivity index (χ1) is 10.8. The quantitative estimate of drug-likeness (QED) is 0.661. The number of amides is 2. The molecule has 23 heavy (non-hydrogen) atoms. The Morgan fingerprint density at radius 2 is 2.09 bits per heavy atom. The number of carbonyl (C=O) groups is 1. The number of nitrogens with one attached hydrogen (secondary N) is 3. The largest absolute Gasteiger partial charge is 0.388 e. The van der Waals surface area contributed by atoms with Gasteiger partial charge in [0.25, 0.3) is 0 Å². The molecule has 4 N–H and O–H groups in total. The Morgan fingerprint density at radius 1 is 1.35 bits per heavy atom. The van der Waals surface area contributed by atoms with Crippen LogP contribution in [0.1, 0.15) is 31.9 Å². The van der Waals surface area contributed by atoms with Gasteiger partial charge in [0.2, 0.25) is 0 Å². The first kappa shape index (κ1) is 17.3. The van der Waals surface area contributed by atoms with E-state index in [-0.39, 0.29) is 18.5 Å². The van der Waals surface area contributed by atoms with Gasteiger partial charge in [-0.3, -0.25) is 0 Å². The van der Waals surface area contributed by atoms with Crippen LogP contribution in [0.3, 0.4) is 0 Å². The predicted molar refractivity (Wildman–Crippen MR) is 93.6 cm³/mol. The Morgan fingerprint density at radius 3 is 2.78 bits per heavy atom. The summed E-state index contributed by atoms with van der Waals surface area (Å²) < 4.78 is 0. The molecular weight excluding hydrogens is 290 g/mol. The van der Waals surface area contributed by atoms with Crippen molar-refractivity contribution in [2.75, 3.05) is 13.1 Å². The summed E-state index contributed by atoms with van der Waals surface area (Å²) in [4.78, 5) is 15.1. The van der Waals surface area contributed by atoms with Crippen molar-refractivity contribution >= 4 is 16.9 Å². The van der Waals surface area contributed by atoms with Crippen molar-refractivity contribution in [2.24, 2.45) is 5.92 Å². The molecule has 0 spiro atoms. The molecule has 0 radical (unpaired) electrons. The monoisotopic (exact) mass is 317 g/mol. The van der Waals surface area contributed by atoms with Crippen LogP contribution in [0.5, 0.6) is 0 Å². The summed E-state index contributed by atoms with van der Waals surface area (Å²) in [7, 11) is 0. The Labute approximate surface area is 137 Å². The minimum Gasteiger partial charge on any atom is -0.388 e. The van der Waals surface area contributed by atoms with Gasteiger partial charge in [-0.05, 0) is 37.3 Å². The third kappa shape index (κ3) is 4.26. The molecule has 0 saturated carbocycles. The van der Waals surface area contributed by atoms with E-state index in [1.807, 2.05) is 26.1 Å². The molecule has 1 atom stereocenters. The zero-order valence-electron chi connectivity index (χ0n) is 14.4. The highest BCUT2D eigenvalue weighted by Gasteiger charge is 2.25. The lowest BCUT2D eigenvalue weighted by Crippen LogP contribution is -2.47. The third-order valence-corrected chi connectivity index (χ3v) is 4.54. The SMILES string of the molecule is Cc1cccc2c(CCNC(=O)NCC(C)(O)C(C)C)c[nH]c12. The molecular formula is C18H27N3O2. The standard InChI is InChI=1S/C18H27N3O2/c1-12(2)18(4,23)11-21-17(22)19-9-8-14-10-20-16-13(3)6-5-7-15(14)16/h5-7,10,12,20,23H,8-9,11H2,1-4H3,(H2,19,21,22). The Hall–Kier alpha value is -2.01. The van der Waals surface area contributed by atoms with E-state index in [2.05, 4.69) is 34.7 Å². The number of aromatic nitrogens is 1. The van der Waals surface area contributed by atoms with Gasteiger partial charge in [-0.2, -0.15) is 0 Å². The molecule has 0 fully saturated rings. The molecule has 2 aromatic rings. The first-order valence-corrected chi connectivity index (χ1v) is 8.11. The minimum atomic E-state index is -0.897. The summed E-state index contributed by atoms with van der Waals surface area (Å²) in [5, 5.41) is 16.9. The van der Waals surface area contributed by atoms with Crippen LogP contribution < -0.4 is 10.6 Å². The number of aromatic amines is 1. The van der Waals surface area contributed by atoms with Crippen LogP contribution in [0.4, 0.5) is 4.79 Å². The second-order valence-corrected chi connectivity index (χ2v) is 6.68. The van der Waals surface area contributed by atoms with Gasteiger partial charge in [0, 0.05) is 30.2 Å². The number of aryl methyl sites for hydroxylation is 1. The van der Waals surface area contributed by atoms with Crippen molar-refractivity contribution in [3.8, 4) is 0 Å². The van der Waals surface area contributed by atoms with Crippen molar-refractivity contribution in [1.29, 1.82) is 0 Å². The van der Waals surface area contributed by atoms with Crippen LogP contribution in [-0.2, 0) is 6.42 Å². The fourth-order valence-corrected chi connectivity index (χ4v) is 2.41. The molecule has 0 aliphatic rings. The van der Waals surface area contributed by atoms with E-state index in [1.165, 1.54) is 16.5 Å². The fourth-order valence-electron chi connectivity index (χ4n) is 2.41. The number of fused-ring (bicyclic) bond motifs is 1. The van der Waals surface area contributed by atoms with E-state index in [0.29, 0.717) is 6.54 Å². The summed E-state index contributed by atoms with van der Waals surface area (Å²) >= 11 is 0. The lowest BCUT2D eigenvalue weighted by molar-refractivity contribution is 0.0166. The number of hydrogen-bond donors (Lipinski definition) is 4. The minimum absolute atomic E-state index is 0.0808. The van der Waals surface area contributed by atoms with Gasteiger partial charge in [0.1, 0.15) is 0 Å². The topological polar surface area (TPSA) is 77.2 Å². The van der Waals surface area contributed by atoms with Gasteiger partial charge in [-0.15, -0.1) is 0 Å². The number of carbonyl (C=O) groups excluding carboxylic acids is 1. The lowest BCUT2D eigenvalue weighted by atomic mass is 9.93. The number of aliphatic hydroxyl groups is 1. The van der Waals surface area contributed by atoms with Crippen LogP contribution in [-0.4, -0.2) is 34.8 Å². The van der Waals surface area contributed by atoms with Crippen molar-refractivity contribution in [3.63, 3.8) is 0 Å². The maximum atomic E-state index is 11.8. The van der Waals surface area contributed by atoms with Crippen LogP contribution in [0.25, 0.3) is 10.9 Å². The van der Waals surface area contributed by atoms with Crippen LogP contribution in [0.15, 0.2) is 24.4 Å². The number of hydrogen-bond acceptors (Lipinski definition) is 2. The van der Waals surface area contributed by atoms with Crippen LogP contribution in [0, 0.1) is 12.8 Å². The molecule has 1 unspecified atom stereocenters. The van der Waals surface area contributed by atoms with Gasteiger partial charge in [-0.25, -0.2) is 4.79 Å². The van der Waals surface area contributed by atoms with Crippen molar-refractivity contribution < 1.29 is 9.90 Å². The van der Waals surface area contributed by atoms with E-state index < -0.39 is 5.60 Å². The highest BCUT2D eigenvalue weighted by atomic mass is 16.3. The molecule has 5 heteroatoms. The zero-order chi connectivity index (χ0) is 17.0. The maximum Gasteiger partial charge on any atom is 0.314 e. The molecule has 1 aromatic carbocycles. The van der Waals surface area contributed by atoms with Crippen LogP contribution in [0.2, 0.25) is 0 Å². The van der Waals surface area contributed by atoms with Gasteiger partial charge in [-0.1, -0.05) is 32.0 Å². The number of benzene rings is 1. The number of rotatable bonds is 6. The molecule has 126 valence electrons.